The van der Waals surface area contributed by atoms with Gasteiger partial charge in [-0.15, -0.1) is 0 Å². The quantitative estimate of drug-likeness (QED) is 0.637. The van der Waals surface area contributed by atoms with E-state index in [1.165, 1.54) is 0 Å². The molecule has 0 fully saturated rings. The lowest BCUT2D eigenvalue weighted by molar-refractivity contribution is -0.0459. The molecule has 0 spiro atoms. The van der Waals surface area contributed by atoms with Gasteiger partial charge in [-0.2, -0.15) is 0 Å². The van der Waals surface area contributed by atoms with E-state index in [9.17, 15) is 0 Å². The van der Waals surface area contributed by atoms with Gasteiger partial charge in [0.15, 0.2) is 11.5 Å². The first-order valence-electron chi connectivity index (χ1n) is 7.06. The summed E-state index contributed by atoms with van der Waals surface area (Å²) in [5.74, 6) is 0.545. The van der Waals surface area contributed by atoms with Crippen LogP contribution in [-0.2, 0) is 5.79 Å². The molecule has 1 heterocycles. The monoisotopic (exact) mass is 352 g/mol. The fraction of sp³-hybridized carbons (Fsp3) is 0.0526. The topological polar surface area (TPSA) is 18.5 Å². The Hall–Kier alpha value is -2.26. The standard InChI is InChI=1S/C19H13BrO2/c20-16-11-12-17-18(13-16)22-19(21-17,14-7-3-1-4-8-14)15-9-5-2-6-10-15/h1-13H. The summed E-state index contributed by atoms with van der Waals surface area (Å²) in [5.41, 5.74) is 1.93. The molecule has 108 valence electrons. The third kappa shape index (κ3) is 2.09. The zero-order valence-electron chi connectivity index (χ0n) is 11.7. The van der Waals surface area contributed by atoms with Crippen LogP contribution in [0.25, 0.3) is 0 Å². The van der Waals surface area contributed by atoms with E-state index in [2.05, 4.69) is 15.9 Å². The second-order valence-corrected chi connectivity index (χ2v) is 6.06. The van der Waals surface area contributed by atoms with E-state index in [0.717, 1.165) is 27.1 Å². The lowest BCUT2D eigenvalue weighted by Gasteiger charge is -2.28. The molecule has 0 aromatic heterocycles. The molecule has 0 radical (unpaired) electrons. The van der Waals surface area contributed by atoms with Gasteiger partial charge in [0.05, 0.1) is 0 Å². The number of hydrogen-bond donors (Lipinski definition) is 0. The molecule has 3 aromatic carbocycles. The summed E-state index contributed by atoms with van der Waals surface area (Å²) < 4.78 is 13.5. The van der Waals surface area contributed by atoms with Crippen molar-refractivity contribution >= 4 is 15.9 Å². The number of fused-ring (bicyclic) bond motifs is 1. The van der Waals surface area contributed by atoms with Gasteiger partial charge in [0, 0.05) is 15.6 Å². The summed E-state index contributed by atoms with van der Waals surface area (Å²) in [6, 6.07) is 25.8. The van der Waals surface area contributed by atoms with E-state index in [0.29, 0.717) is 0 Å². The molecule has 4 rings (SSSR count). The molecule has 0 atom stereocenters. The molecule has 0 amide bonds. The lowest BCUT2D eigenvalue weighted by atomic mass is 9.97. The van der Waals surface area contributed by atoms with E-state index < -0.39 is 5.79 Å². The van der Waals surface area contributed by atoms with E-state index in [1.54, 1.807) is 0 Å². The Kier molecular flexibility index (Phi) is 3.16. The summed E-state index contributed by atoms with van der Waals surface area (Å²) in [6.45, 7) is 0. The highest BCUT2D eigenvalue weighted by molar-refractivity contribution is 9.10. The van der Waals surface area contributed by atoms with Gasteiger partial charge in [0.2, 0.25) is 0 Å². The summed E-state index contributed by atoms with van der Waals surface area (Å²) in [5, 5.41) is 0. The normalized spacial score (nSPS) is 14.8. The van der Waals surface area contributed by atoms with Crippen molar-refractivity contribution in [2.45, 2.75) is 5.79 Å². The van der Waals surface area contributed by atoms with Crippen molar-refractivity contribution in [2.75, 3.05) is 0 Å². The third-order valence-corrected chi connectivity index (χ3v) is 4.21. The third-order valence-electron chi connectivity index (χ3n) is 3.72. The molecular weight excluding hydrogens is 340 g/mol. The number of rotatable bonds is 2. The Balaban J connectivity index is 1.90. The van der Waals surface area contributed by atoms with Crippen molar-refractivity contribution in [1.82, 2.24) is 0 Å². The van der Waals surface area contributed by atoms with Gasteiger partial charge in [-0.25, -0.2) is 0 Å². The molecule has 1 aliphatic heterocycles. The fourth-order valence-electron chi connectivity index (χ4n) is 2.69. The highest BCUT2D eigenvalue weighted by atomic mass is 79.9. The van der Waals surface area contributed by atoms with Crippen LogP contribution < -0.4 is 9.47 Å². The van der Waals surface area contributed by atoms with Crippen molar-refractivity contribution in [3.63, 3.8) is 0 Å². The largest absolute Gasteiger partial charge is 0.440 e. The maximum atomic E-state index is 6.30. The summed E-state index contributed by atoms with van der Waals surface area (Å²) >= 11 is 3.48. The molecule has 0 bridgehead atoms. The zero-order chi connectivity index (χ0) is 15.0. The molecular formula is C19H13BrO2. The van der Waals surface area contributed by atoms with Crippen molar-refractivity contribution in [2.24, 2.45) is 0 Å². The molecule has 1 aliphatic rings. The van der Waals surface area contributed by atoms with Gasteiger partial charge < -0.3 is 9.47 Å². The van der Waals surface area contributed by atoms with Crippen LogP contribution in [-0.4, -0.2) is 0 Å². The second-order valence-electron chi connectivity index (χ2n) is 5.14. The molecule has 22 heavy (non-hydrogen) atoms. The lowest BCUT2D eigenvalue weighted by Crippen LogP contribution is -2.36. The molecule has 0 saturated heterocycles. The van der Waals surface area contributed by atoms with Gasteiger partial charge in [0.1, 0.15) is 0 Å². The SMILES string of the molecule is Brc1ccc2c(c1)OC(c1ccccc1)(c1ccccc1)O2. The van der Waals surface area contributed by atoms with E-state index in [1.807, 2.05) is 78.9 Å². The van der Waals surface area contributed by atoms with Gasteiger partial charge in [0.25, 0.3) is 0 Å². The Bertz CT molecular complexity index is 761. The van der Waals surface area contributed by atoms with Gasteiger partial charge in [-0.1, -0.05) is 76.6 Å². The number of hydrogen-bond acceptors (Lipinski definition) is 2. The van der Waals surface area contributed by atoms with Crippen LogP contribution in [0.5, 0.6) is 11.5 Å². The predicted octanol–water partition coefficient (Wildman–Crippen LogP) is 5.12. The Labute approximate surface area is 137 Å². The average Bonchev–Trinajstić information content (AvgIpc) is 2.96. The molecule has 3 heteroatoms. The average molecular weight is 353 g/mol. The molecule has 0 aliphatic carbocycles. The van der Waals surface area contributed by atoms with Crippen molar-refractivity contribution in [3.05, 3.63) is 94.5 Å². The maximum Gasteiger partial charge on any atom is 0.305 e. The van der Waals surface area contributed by atoms with E-state index in [-0.39, 0.29) is 0 Å². The summed E-state index contributed by atoms with van der Waals surface area (Å²) in [4.78, 5) is 0. The smallest absolute Gasteiger partial charge is 0.305 e. The van der Waals surface area contributed by atoms with Gasteiger partial charge in [-0.05, 0) is 18.2 Å². The fourth-order valence-corrected chi connectivity index (χ4v) is 3.03. The Morgan fingerprint density at radius 1 is 0.636 bits per heavy atom. The Morgan fingerprint density at radius 2 is 1.18 bits per heavy atom. The minimum atomic E-state index is -0.939. The second kappa shape index (κ2) is 5.18. The number of halogens is 1. The van der Waals surface area contributed by atoms with E-state index in [4.69, 9.17) is 9.47 Å². The van der Waals surface area contributed by atoms with Crippen LogP contribution in [0.15, 0.2) is 83.3 Å². The van der Waals surface area contributed by atoms with Crippen LogP contribution in [0.3, 0.4) is 0 Å². The summed E-state index contributed by atoms with van der Waals surface area (Å²) in [6.07, 6.45) is 0. The van der Waals surface area contributed by atoms with Crippen LogP contribution in [0.2, 0.25) is 0 Å². The van der Waals surface area contributed by atoms with Crippen LogP contribution in [0, 0.1) is 0 Å². The first-order chi connectivity index (χ1) is 10.8. The zero-order valence-corrected chi connectivity index (χ0v) is 13.3. The Morgan fingerprint density at radius 3 is 1.77 bits per heavy atom. The number of ether oxygens (including phenoxy) is 2. The van der Waals surface area contributed by atoms with E-state index >= 15 is 0 Å². The summed E-state index contributed by atoms with van der Waals surface area (Å²) in [7, 11) is 0. The van der Waals surface area contributed by atoms with Crippen LogP contribution >= 0.6 is 15.9 Å². The predicted molar refractivity (Wildman–Crippen MR) is 89.1 cm³/mol. The maximum absolute atomic E-state index is 6.30. The van der Waals surface area contributed by atoms with Crippen molar-refractivity contribution in [3.8, 4) is 11.5 Å². The number of benzene rings is 3. The molecule has 0 saturated carbocycles. The van der Waals surface area contributed by atoms with Crippen molar-refractivity contribution < 1.29 is 9.47 Å². The minimum absolute atomic E-state index is 0.738. The highest BCUT2D eigenvalue weighted by Crippen LogP contribution is 2.48. The first-order valence-corrected chi connectivity index (χ1v) is 7.86. The van der Waals surface area contributed by atoms with Crippen LogP contribution in [0.4, 0.5) is 0 Å². The van der Waals surface area contributed by atoms with Gasteiger partial charge >= 0.3 is 5.79 Å². The first kappa shape index (κ1) is 13.4. The molecule has 3 aromatic rings. The van der Waals surface area contributed by atoms with Crippen LogP contribution in [0.1, 0.15) is 11.1 Å². The molecule has 0 unspecified atom stereocenters. The van der Waals surface area contributed by atoms with Crippen molar-refractivity contribution in [1.29, 1.82) is 0 Å². The van der Waals surface area contributed by atoms with Gasteiger partial charge in [-0.3, -0.25) is 0 Å². The molecule has 2 nitrogen and oxygen atoms in total. The highest BCUT2D eigenvalue weighted by Gasteiger charge is 2.45. The minimum Gasteiger partial charge on any atom is -0.440 e. The molecule has 0 N–H and O–H groups in total.